The Hall–Kier alpha value is -2.04. The summed E-state index contributed by atoms with van der Waals surface area (Å²) in [5, 5.41) is 5.54. The van der Waals surface area contributed by atoms with Gasteiger partial charge in [0.2, 0.25) is 5.91 Å². The molecule has 23 heavy (non-hydrogen) atoms. The molecule has 0 spiro atoms. The maximum absolute atomic E-state index is 11.9. The number of rotatable bonds is 5. The number of nitrogens with zero attached hydrogens (tertiary/aromatic N) is 2. The van der Waals surface area contributed by atoms with Gasteiger partial charge >= 0.3 is 0 Å². The van der Waals surface area contributed by atoms with E-state index in [1.54, 1.807) is 7.05 Å². The van der Waals surface area contributed by atoms with Crippen LogP contribution in [0, 0.1) is 0 Å². The summed E-state index contributed by atoms with van der Waals surface area (Å²) >= 11 is 0. The predicted octanol–water partition coefficient (Wildman–Crippen LogP) is 3.34. The first-order valence-corrected chi connectivity index (χ1v) is 8.41. The smallest absolute Gasteiger partial charge is 0.243 e. The number of benzene rings is 1. The van der Waals surface area contributed by atoms with Crippen molar-refractivity contribution < 1.29 is 14.3 Å². The first-order chi connectivity index (χ1) is 11.2. The van der Waals surface area contributed by atoms with Gasteiger partial charge < -0.3 is 9.47 Å². The van der Waals surface area contributed by atoms with E-state index in [2.05, 4.69) is 5.10 Å². The van der Waals surface area contributed by atoms with Crippen molar-refractivity contribution in [2.75, 3.05) is 13.7 Å². The van der Waals surface area contributed by atoms with Crippen molar-refractivity contribution in [2.24, 2.45) is 5.10 Å². The second-order valence-electron chi connectivity index (χ2n) is 6.16. The zero-order valence-corrected chi connectivity index (χ0v) is 13.8. The van der Waals surface area contributed by atoms with Crippen molar-refractivity contribution in [3.63, 3.8) is 0 Å². The van der Waals surface area contributed by atoms with Gasteiger partial charge in [0.15, 0.2) is 11.5 Å². The maximum atomic E-state index is 11.9. The summed E-state index contributed by atoms with van der Waals surface area (Å²) in [4.78, 5) is 11.9. The molecule has 0 saturated heterocycles. The van der Waals surface area contributed by atoms with Gasteiger partial charge in [0, 0.05) is 25.6 Å². The molecule has 1 aliphatic heterocycles. The van der Waals surface area contributed by atoms with E-state index in [0.29, 0.717) is 13.0 Å². The molecule has 1 saturated carbocycles. The van der Waals surface area contributed by atoms with Crippen molar-refractivity contribution in [1.29, 1.82) is 0 Å². The minimum Gasteiger partial charge on any atom is -0.490 e. The highest BCUT2D eigenvalue weighted by atomic mass is 16.5. The lowest BCUT2D eigenvalue weighted by Gasteiger charge is -2.23. The fraction of sp³-hybridized carbons (Fsp3) is 0.556. The average Bonchev–Trinajstić information content (AvgIpc) is 3.05. The fourth-order valence-electron chi connectivity index (χ4n) is 3.13. The van der Waals surface area contributed by atoms with Crippen LogP contribution in [-0.4, -0.2) is 36.9 Å². The summed E-state index contributed by atoms with van der Waals surface area (Å²) in [6.07, 6.45) is 7.20. The first kappa shape index (κ1) is 15.8. The summed E-state index contributed by atoms with van der Waals surface area (Å²) in [5.74, 6) is 1.60. The van der Waals surface area contributed by atoms with Crippen molar-refractivity contribution in [3.8, 4) is 11.5 Å². The molecule has 1 aliphatic carbocycles. The van der Waals surface area contributed by atoms with E-state index in [4.69, 9.17) is 9.47 Å². The van der Waals surface area contributed by atoms with Crippen molar-refractivity contribution >= 4 is 12.1 Å². The van der Waals surface area contributed by atoms with E-state index in [1.165, 1.54) is 17.9 Å². The van der Waals surface area contributed by atoms with E-state index < -0.39 is 0 Å². The zero-order chi connectivity index (χ0) is 16.2. The molecule has 5 heteroatoms. The average molecular weight is 316 g/mol. The molecule has 1 atom stereocenters. The summed E-state index contributed by atoms with van der Waals surface area (Å²) in [6, 6.07) is 5.96. The lowest BCUT2D eigenvalue weighted by atomic mass is 9.95. The standard InChI is InChI=1S/C18H24N2O3/c1-3-22-16-9-8-13(14-11-18(21)20(2)19-12-14)10-17(16)23-15-6-4-5-7-15/h8-10,12,14-15H,3-7,11H2,1-2H3. The highest BCUT2D eigenvalue weighted by Crippen LogP contribution is 2.35. The number of ether oxygens (including phenoxy) is 2. The molecule has 0 aromatic heterocycles. The van der Waals surface area contributed by atoms with Crippen molar-refractivity contribution in [3.05, 3.63) is 23.8 Å². The summed E-state index contributed by atoms with van der Waals surface area (Å²) < 4.78 is 11.9. The van der Waals surface area contributed by atoms with Gasteiger partial charge in [-0.05, 0) is 50.3 Å². The van der Waals surface area contributed by atoms with E-state index in [-0.39, 0.29) is 17.9 Å². The molecular weight excluding hydrogens is 292 g/mol. The minimum absolute atomic E-state index is 0.000282. The van der Waals surface area contributed by atoms with Crippen LogP contribution in [0.4, 0.5) is 0 Å². The third-order valence-electron chi connectivity index (χ3n) is 4.47. The van der Waals surface area contributed by atoms with Crippen LogP contribution in [0.5, 0.6) is 11.5 Å². The van der Waals surface area contributed by atoms with Gasteiger partial charge in [-0.1, -0.05) is 6.07 Å². The van der Waals surface area contributed by atoms with Crippen molar-refractivity contribution in [1.82, 2.24) is 5.01 Å². The molecule has 124 valence electrons. The molecule has 1 heterocycles. The largest absolute Gasteiger partial charge is 0.490 e. The van der Waals surface area contributed by atoms with Crippen LogP contribution >= 0.6 is 0 Å². The number of hydrogen-bond acceptors (Lipinski definition) is 4. The second-order valence-corrected chi connectivity index (χ2v) is 6.16. The molecule has 1 amide bonds. The predicted molar refractivity (Wildman–Crippen MR) is 89.1 cm³/mol. The van der Waals surface area contributed by atoms with Gasteiger partial charge in [-0.2, -0.15) is 5.10 Å². The van der Waals surface area contributed by atoms with Gasteiger partial charge in [0.1, 0.15) is 0 Å². The summed E-state index contributed by atoms with van der Waals surface area (Å²) in [5.41, 5.74) is 1.05. The number of carbonyl (C=O) groups is 1. The van der Waals surface area contributed by atoms with E-state index in [0.717, 1.165) is 29.9 Å². The molecule has 2 aliphatic rings. The van der Waals surface area contributed by atoms with Crippen LogP contribution in [0.2, 0.25) is 0 Å². The van der Waals surface area contributed by atoms with Gasteiger partial charge in [0.05, 0.1) is 12.7 Å². The maximum Gasteiger partial charge on any atom is 0.243 e. The summed E-state index contributed by atoms with van der Waals surface area (Å²) in [6.45, 7) is 2.57. The van der Waals surface area contributed by atoms with Gasteiger partial charge in [-0.25, -0.2) is 5.01 Å². The monoisotopic (exact) mass is 316 g/mol. The van der Waals surface area contributed by atoms with Crippen molar-refractivity contribution in [2.45, 2.75) is 51.0 Å². The molecule has 0 N–H and O–H groups in total. The Morgan fingerprint density at radius 3 is 2.74 bits per heavy atom. The molecule has 0 bridgehead atoms. The normalized spacial score (nSPS) is 21.7. The van der Waals surface area contributed by atoms with Crippen LogP contribution in [-0.2, 0) is 4.79 Å². The molecule has 1 fully saturated rings. The fourth-order valence-corrected chi connectivity index (χ4v) is 3.13. The van der Waals surface area contributed by atoms with Crippen LogP contribution in [0.25, 0.3) is 0 Å². The van der Waals surface area contributed by atoms with E-state index in [9.17, 15) is 4.79 Å². The number of carbonyl (C=O) groups excluding carboxylic acids is 1. The Kier molecular flexibility index (Phi) is 4.84. The Bertz CT molecular complexity index is 594. The molecule has 1 aromatic rings. The quantitative estimate of drug-likeness (QED) is 0.837. The third-order valence-corrected chi connectivity index (χ3v) is 4.47. The highest BCUT2D eigenvalue weighted by molar-refractivity contribution is 5.86. The summed E-state index contributed by atoms with van der Waals surface area (Å²) in [7, 11) is 1.68. The molecule has 3 rings (SSSR count). The molecule has 5 nitrogen and oxygen atoms in total. The lowest BCUT2D eigenvalue weighted by Crippen LogP contribution is -2.28. The molecular formula is C18H24N2O3. The van der Waals surface area contributed by atoms with Gasteiger partial charge in [-0.15, -0.1) is 0 Å². The number of amides is 1. The van der Waals surface area contributed by atoms with Crippen LogP contribution in [0.3, 0.4) is 0 Å². The SMILES string of the molecule is CCOc1ccc(C2C=NN(C)C(=O)C2)cc1OC1CCCC1. The van der Waals surface area contributed by atoms with Gasteiger partial charge in [-0.3, -0.25) is 4.79 Å². The van der Waals surface area contributed by atoms with Crippen LogP contribution in [0.15, 0.2) is 23.3 Å². The Morgan fingerprint density at radius 2 is 2.04 bits per heavy atom. The van der Waals surface area contributed by atoms with Crippen LogP contribution < -0.4 is 9.47 Å². The Labute approximate surface area is 137 Å². The molecule has 0 radical (unpaired) electrons. The second kappa shape index (κ2) is 7.02. The van der Waals surface area contributed by atoms with Crippen LogP contribution in [0.1, 0.15) is 50.5 Å². The van der Waals surface area contributed by atoms with E-state index in [1.807, 2.05) is 31.3 Å². The number of hydrogen-bond donors (Lipinski definition) is 0. The minimum atomic E-state index is 0.000282. The molecule has 1 aromatic carbocycles. The number of hydrazone groups is 1. The molecule has 1 unspecified atom stereocenters. The highest BCUT2D eigenvalue weighted by Gasteiger charge is 2.24. The zero-order valence-electron chi connectivity index (χ0n) is 13.8. The van der Waals surface area contributed by atoms with E-state index >= 15 is 0 Å². The Balaban J connectivity index is 1.83. The topological polar surface area (TPSA) is 51.1 Å². The third kappa shape index (κ3) is 3.66. The van der Waals surface area contributed by atoms with Gasteiger partial charge in [0.25, 0.3) is 0 Å². The first-order valence-electron chi connectivity index (χ1n) is 8.41. The lowest BCUT2D eigenvalue weighted by molar-refractivity contribution is -0.130. The Morgan fingerprint density at radius 1 is 1.26 bits per heavy atom.